The summed E-state index contributed by atoms with van der Waals surface area (Å²) in [7, 11) is 1.82. The number of piperidine rings is 1. The van der Waals surface area contributed by atoms with Crippen molar-refractivity contribution in [2.24, 2.45) is 5.92 Å². The lowest BCUT2D eigenvalue weighted by molar-refractivity contribution is -0.134. The summed E-state index contributed by atoms with van der Waals surface area (Å²) in [6.07, 6.45) is 5.50. The van der Waals surface area contributed by atoms with Crippen molar-refractivity contribution < 1.29 is 14.0 Å². The van der Waals surface area contributed by atoms with Crippen molar-refractivity contribution in [3.8, 4) is 11.3 Å². The fraction of sp³-hybridized carbons (Fsp3) is 0.346. The van der Waals surface area contributed by atoms with Crippen LogP contribution in [0.3, 0.4) is 0 Å². The van der Waals surface area contributed by atoms with Crippen LogP contribution in [0.15, 0.2) is 61.1 Å². The Balaban J connectivity index is 1.17. The first-order valence-electron chi connectivity index (χ1n) is 11.4. The molecule has 1 aromatic heterocycles. The van der Waals surface area contributed by atoms with Gasteiger partial charge in [-0.25, -0.2) is 9.37 Å². The topological polar surface area (TPSA) is 58.4 Å². The maximum Gasteiger partial charge on any atom is 0.242 e. The molecule has 1 atom stereocenters. The Bertz CT molecular complexity index is 1170. The molecule has 33 heavy (non-hydrogen) atoms. The minimum absolute atomic E-state index is 0.00443. The zero-order chi connectivity index (χ0) is 22.9. The van der Waals surface area contributed by atoms with Crippen LogP contribution in [0.25, 0.3) is 11.3 Å². The molecule has 0 radical (unpaired) electrons. The number of likely N-dealkylation sites (tertiary alicyclic amines) is 1. The predicted octanol–water partition coefficient (Wildman–Crippen LogP) is 3.93. The number of benzene rings is 2. The van der Waals surface area contributed by atoms with Gasteiger partial charge < -0.3 is 14.4 Å². The number of carbonyl (C=O) groups excluding carboxylic acids is 2. The SMILES string of the molecule is CN(CC(=O)N1CCC(C(=O)CC2c3ccccc3-c3cncn32)CC1)c1ccc(F)cc1. The number of aromatic nitrogens is 2. The van der Waals surface area contributed by atoms with E-state index in [4.69, 9.17) is 0 Å². The predicted molar refractivity (Wildman–Crippen MR) is 124 cm³/mol. The van der Waals surface area contributed by atoms with E-state index in [0.717, 1.165) is 16.9 Å². The lowest BCUT2D eigenvalue weighted by Gasteiger charge is -2.33. The molecule has 3 heterocycles. The van der Waals surface area contributed by atoms with E-state index in [2.05, 4.69) is 21.7 Å². The van der Waals surface area contributed by atoms with Crippen LogP contribution in [0, 0.1) is 11.7 Å². The molecule has 0 N–H and O–H groups in total. The number of likely N-dealkylation sites (N-methyl/N-ethyl adjacent to an activating group) is 1. The van der Waals surface area contributed by atoms with Gasteiger partial charge in [-0.05, 0) is 42.7 Å². The van der Waals surface area contributed by atoms with Gasteiger partial charge in [-0.15, -0.1) is 0 Å². The van der Waals surface area contributed by atoms with Crippen LogP contribution in [-0.2, 0) is 9.59 Å². The van der Waals surface area contributed by atoms with Gasteiger partial charge in [-0.2, -0.15) is 0 Å². The molecule has 1 unspecified atom stereocenters. The number of halogens is 1. The maximum atomic E-state index is 13.2. The van der Waals surface area contributed by atoms with Crippen LogP contribution in [0.5, 0.6) is 0 Å². The molecule has 1 fully saturated rings. The van der Waals surface area contributed by atoms with Gasteiger partial charge in [0.25, 0.3) is 0 Å². The third kappa shape index (κ3) is 4.15. The summed E-state index contributed by atoms with van der Waals surface area (Å²) in [6, 6.07) is 14.3. The van der Waals surface area contributed by atoms with Crippen LogP contribution >= 0.6 is 0 Å². The average molecular weight is 447 g/mol. The monoisotopic (exact) mass is 446 g/mol. The van der Waals surface area contributed by atoms with Gasteiger partial charge in [0, 0.05) is 43.7 Å². The number of fused-ring (bicyclic) bond motifs is 3. The highest BCUT2D eigenvalue weighted by Crippen LogP contribution is 2.41. The second-order valence-electron chi connectivity index (χ2n) is 8.95. The van der Waals surface area contributed by atoms with Crippen molar-refractivity contribution in [1.29, 1.82) is 0 Å². The van der Waals surface area contributed by atoms with E-state index in [0.29, 0.717) is 32.4 Å². The summed E-state index contributed by atoms with van der Waals surface area (Å²) in [6.45, 7) is 1.40. The summed E-state index contributed by atoms with van der Waals surface area (Å²) in [5, 5.41) is 0. The highest BCUT2D eigenvalue weighted by Gasteiger charge is 2.33. The van der Waals surface area contributed by atoms with E-state index in [1.165, 1.54) is 17.7 Å². The summed E-state index contributed by atoms with van der Waals surface area (Å²) >= 11 is 0. The second kappa shape index (κ2) is 8.81. The van der Waals surface area contributed by atoms with E-state index in [1.54, 1.807) is 12.1 Å². The minimum atomic E-state index is -0.296. The largest absolute Gasteiger partial charge is 0.365 e. The number of imidazole rings is 1. The van der Waals surface area contributed by atoms with E-state index >= 15 is 0 Å². The minimum Gasteiger partial charge on any atom is -0.365 e. The molecule has 1 saturated heterocycles. The van der Waals surface area contributed by atoms with Crippen molar-refractivity contribution in [3.63, 3.8) is 0 Å². The van der Waals surface area contributed by atoms with E-state index in [1.807, 2.05) is 41.5 Å². The molecule has 0 aliphatic carbocycles. The third-order valence-corrected chi connectivity index (χ3v) is 6.93. The zero-order valence-electron chi connectivity index (χ0n) is 18.7. The normalized spacial score (nSPS) is 17.5. The molecule has 2 aromatic carbocycles. The van der Waals surface area contributed by atoms with Crippen LogP contribution in [0.2, 0.25) is 0 Å². The number of amides is 1. The van der Waals surface area contributed by atoms with Gasteiger partial charge in [0.05, 0.1) is 30.8 Å². The lowest BCUT2D eigenvalue weighted by atomic mass is 9.87. The first-order valence-corrected chi connectivity index (χ1v) is 11.4. The van der Waals surface area contributed by atoms with Crippen molar-refractivity contribution in [1.82, 2.24) is 14.5 Å². The fourth-order valence-electron chi connectivity index (χ4n) is 5.04. The maximum absolute atomic E-state index is 13.2. The molecule has 5 rings (SSSR count). The number of hydrogen-bond donors (Lipinski definition) is 0. The van der Waals surface area contributed by atoms with Crippen LogP contribution < -0.4 is 4.90 Å². The number of anilines is 1. The quantitative estimate of drug-likeness (QED) is 0.576. The lowest BCUT2D eigenvalue weighted by Crippen LogP contribution is -2.44. The Kier molecular flexibility index (Phi) is 5.70. The number of rotatable bonds is 6. The average Bonchev–Trinajstić information content (AvgIpc) is 3.42. The molecule has 2 aliphatic rings. The number of Topliss-reactive ketones (excluding diaryl/α,β-unsaturated/α-hetero) is 1. The van der Waals surface area contributed by atoms with Crippen molar-refractivity contribution in [2.75, 3.05) is 31.6 Å². The van der Waals surface area contributed by atoms with E-state index in [-0.39, 0.29) is 36.0 Å². The van der Waals surface area contributed by atoms with Crippen LogP contribution in [0.4, 0.5) is 10.1 Å². The Morgan fingerprint density at radius 1 is 1.09 bits per heavy atom. The van der Waals surface area contributed by atoms with Gasteiger partial charge in [-0.1, -0.05) is 24.3 Å². The zero-order valence-corrected chi connectivity index (χ0v) is 18.7. The van der Waals surface area contributed by atoms with Gasteiger partial charge in [0.2, 0.25) is 5.91 Å². The molecule has 0 bridgehead atoms. The smallest absolute Gasteiger partial charge is 0.242 e. The molecule has 0 spiro atoms. The molecule has 7 heteroatoms. The third-order valence-electron chi connectivity index (χ3n) is 6.93. The van der Waals surface area contributed by atoms with Gasteiger partial charge in [0.15, 0.2) is 0 Å². The van der Waals surface area contributed by atoms with Gasteiger partial charge in [0.1, 0.15) is 11.6 Å². The number of nitrogens with zero attached hydrogens (tertiary/aromatic N) is 4. The Hall–Kier alpha value is -3.48. The molecule has 6 nitrogen and oxygen atoms in total. The number of carbonyl (C=O) groups is 2. The molecule has 170 valence electrons. The number of hydrogen-bond acceptors (Lipinski definition) is 4. The Morgan fingerprint density at radius 3 is 2.58 bits per heavy atom. The highest BCUT2D eigenvalue weighted by molar-refractivity contribution is 5.85. The molecular weight excluding hydrogens is 419 g/mol. The Labute approximate surface area is 192 Å². The van der Waals surface area contributed by atoms with Crippen molar-refractivity contribution >= 4 is 17.4 Å². The van der Waals surface area contributed by atoms with Crippen LogP contribution in [-0.4, -0.2) is 52.8 Å². The molecular formula is C26H27FN4O2. The highest BCUT2D eigenvalue weighted by atomic mass is 19.1. The molecule has 3 aromatic rings. The van der Waals surface area contributed by atoms with Gasteiger partial charge >= 0.3 is 0 Å². The molecule has 0 saturated carbocycles. The Morgan fingerprint density at radius 2 is 1.82 bits per heavy atom. The fourth-order valence-corrected chi connectivity index (χ4v) is 5.04. The van der Waals surface area contributed by atoms with E-state index < -0.39 is 0 Å². The van der Waals surface area contributed by atoms with E-state index in [9.17, 15) is 14.0 Å². The summed E-state index contributed by atoms with van der Waals surface area (Å²) in [5.74, 6) is -0.0356. The van der Waals surface area contributed by atoms with Crippen molar-refractivity contribution in [2.45, 2.75) is 25.3 Å². The first-order chi connectivity index (χ1) is 16.0. The summed E-state index contributed by atoms with van der Waals surface area (Å²) in [4.78, 5) is 33.9. The molecule has 1 amide bonds. The van der Waals surface area contributed by atoms with Crippen LogP contribution in [0.1, 0.15) is 30.9 Å². The van der Waals surface area contributed by atoms with Gasteiger partial charge in [-0.3, -0.25) is 9.59 Å². The summed E-state index contributed by atoms with van der Waals surface area (Å²) < 4.78 is 15.2. The van der Waals surface area contributed by atoms with Crippen molar-refractivity contribution in [3.05, 3.63) is 72.4 Å². The summed E-state index contributed by atoms with van der Waals surface area (Å²) in [5.41, 5.74) is 4.19. The number of ketones is 1. The second-order valence-corrected chi connectivity index (χ2v) is 8.95. The first kappa shape index (κ1) is 21.4. The molecule has 2 aliphatic heterocycles. The standard InChI is InChI=1S/C26H27FN4O2/c1-29(20-8-6-19(27)7-9-20)16-26(33)30-12-10-18(11-13-30)25(32)14-23-21-4-2-3-5-22(21)24-15-28-17-31(23)24/h2-9,15,17-18,23H,10-14,16H2,1H3.